The van der Waals surface area contributed by atoms with E-state index in [1.54, 1.807) is 0 Å². The fraction of sp³-hybridized carbons (Fsp3) is 0.727. The lowest BCUT2D eigenvalue weighted by Crippen LogP contribution is -2.23. The number of aryl methyl sites for hydroxylation is 1. The molecule has 80 valence electrons. The summed E-state index contributed by atoms with van der Waals surface area (Å²) in [5, 5.41) is 4.31. The Morgan fingerprint density at radius 1 is 1.43 bits per heavy atom. The molecular weight excluding hydrogens is 174 g/mol. The molecule has 0 fully saturated rings. The molecule has 0 aromatic carbocycles. The average Bonchev–Trinajstić information content (AvgIpc) is 2.48. The van der Waals surface area contributed by atoms with Gasteiger partial charge in [0.1, 0.15) is 0 Å². The summed E-state index contributed by atoms with van der Waals surface area (Å²) in [5.41, 5.74) is 7.11. The van der Waals surface area contributed by atoms with Crippen LogP contribution in [-0.4, -0.2) is 15.8 Å². The third-order valence-electron chi connectivity index (χ3n) is 2.35. The second-order valence-electron chi connectivity index (χ2n) is 4.42. The minimum absolute atomic E-state index is 0.257. The maximum atomic E-state index is 6.01. The zero-order chi connectivity index (χ0) is 10.6. The normalized spacial score (nSPS) is 13.5. The van der Waals surface area contributed by atoms with Gasteiger partial charge < -0.3 is 5.73 Å². The SMILES string of the molecule is CC(C)CCC(N)Cc1ccn(C)n1. The van der Waals surface area contributed by atoms with E-state index in [0.717, 1.165) is 24.5 Å². The lowest BCUT2D eigenvalue weighted by Gasteiger charge is -2.11. The van der Waals surface area contributed by atoms with Gasteiger partial charge in [-0.05, 0) is 24.8 Å². The van der Waals surface area contributed by atoms with E-state index < -0.39 is 0 Å². The van der Waals surface area contributed by atoms with Crippen molar-refractivity contribution in [3.8, 4) is 0 Å². The fourth-order valence-electron chi connectivity index (χ4n) is 1.49. The summed E-state index contributed by atoms with van der Waals surface area (Å²) in [6.45, 7) is 4.46. The second kappa shape index (κ2) is 5.15. The van der Waals surface area contributed by atoms with Gasteiger partial charge in [0.15, 0.2) is 0 Å². The van der Waals surface area contributed by atoms with Gasteiger partial charge in [-0.2, -0.15) is 5.10 Å². The van der Waals surface area contributed by atoms with Crippen LogP contribution in [0.25, 0.3) is 0 Å². The van der Waals surface area contributed by atoms with Crippen LogP contribution in [0.4, 0.5) is 0 Å². The van der Waals surface area contributed by atoms with E-state index in [9.17, 15) is 0 Å². The van der Waals surface area contributed by atoms with E-state index in [-0.39, 0.29) is 6.04 Å². The van der Waals surface area contributed by atoms with Crippen LogP contribution in [0.1, 0.15) is 32.4 Å². The van der Waals surface area contributed by atoms with Crippen LogP contribution >= 0.6 is 0 Å². The standard InChI is InChI=1S/C11H21N3/c1-9(2)4-5-10(12)8-11-6-7-14(3)13-11/h6-7,9-10H,4-5,8,12H2,1-3H3. The number of hydrogen-bond acceptors (Lipinski definition) is 2. The Morgan fingerprint density at radius 3 is 2.64 bits per heavy atom. The number of hydrogen-bond donors (Lipinski definition) is 1. The average molecular weight is 195 g/mol. The summed E-state index contributed by atoms with van der Waals surface area (Å²) < 4.78 is 1.82. The first-order chi connectivity index (χ1) is 6.58. The first-order valence-electron chi connectivity index (χ1n) is 5.32. The molecule has 1 atom stereocenters. The van der Waals surface area contributed by atoms with E-state index >= 15 is 0 Å². The van der Waals surface area contributed by atoms with Gasteiger partial charge >= 0.3 is 0 Å². The highest BCUT2D eigenvalue weighted by atomic mass is 15.2. The van der Waals surface area contributed by atoms with Gasteiger partial charge in [-0.3, -0.25) is 4.68 Å². The maximum Gasteiger partial charge on any atom is 0.0639 e. The molecule has 1 heterocycles. The van der Waals surface area contributed by atoms with Crippen molar-refractivity contribution >= 4 is 0 Å². The molecule has 0 radical (unpaired) electrons. The van der Waals surface area contributed by atoms with Crippen LogP contribution in [0.3, 0.4) is 0 Å². The molecule has 0 saturated carbocycles. The van der Waals surface area contributed by atoms with Crippen molar-refractivity contribution in [2.45, 2.75) is 39.2 Å². The Kier molecular flexibility index (Phi) is 4.14. The molecule has 0 aliphatic heterocycles. The molecule has 0 aliphatic rings. The van der Waals surface area contributed by atoms with Crippen molar-refractivity contribution < 1.29 is 0 Å². The van der Waals surface area contributed by atoms with Gasteiger partial charge in [-0.25, -0.2) is 0 Å². The van der Waals surface area contributed by atoms with Crippen LogP contribution in [-0.2, 0) is 13.5 Å². The highest BCUT2D eigenvalue weighted by molar-refractivity contribution is 5.00. The van der Waals surface area contributed by atoms with Gasteiger partial charge in [0, 0.05) is 25.7 Å². The Balaban J connectivity index is 2.30. The smallest absolute Gasteiger partial charge is 0.0639 e. The largest absolute Gasteiger partial charge is 0.327 e. The lowest BCUT2D eigenvalue weighted by molar-refractivity contribution is 0.491. The number of nitrogens with two attached hydrogens (primary N) is 1. The minimum Gasteiger partial charge on any atom is -0.327 e. The zero-order valence-corrected chi connectivity index (χ0v) is 9.40. The van der Waals surface area contributed by atoms with Crippen molar-refractivity contribution in [2.75, 3.05) is 0 Å². The van der Waals surface area contributed by atoms with E-state index in [2.05, 4.69) is 18.9 Å². The van der Waals surface area contributed by atoms with Gasteiger partial charge in [0.05, 0.1) is 5.69 Å². The van der Waals surface area contributed by atoms with Gasteiger partial charge in [0.25, 0.3) is 0 Å². The fourth-order valence-corrected chi connectivity index (χ4v) is 1.49. The molecule has 2 N–H and O–H groups in total. The molecule has 1 unspecified atom stereocenters. The highest BCUT2D eigenvalue weighted by Crippen LogP contribution is 2.08. The molecular formula is C11H21N3. The molecule has 0 bridgehead atoms. The minimum atomic E-state index is 0.257. The molecule has 0 spiro atoms. The third kappa shape index (κ3) is 3.92. The first-order valence-corrected chi connectivity index (χ1v) is 5.32. The molecule has 0 amide bonds. The van der Waals surface area contributed by atoms with Crippen molar-refractivity contribution in [3.05, 3.63) is 18.0 Å². The van der Waals surface area contributed by atoms with E-state index in [1.807, 2.05) is 24.0 Å². The zero-order valence-electron chi connectivity index (χ0n) is 9.40. The molecule has 3 heteroatoms. The number of nitrogens with zero attached hydrogens (tertiary/aromatic N) is 2. The monoisotopic (exact) mass is 195 g/mol. The van der Waals surface area contributed by atoms with Crippen molar-refractivity contribution in [1.82, 2.24) is 9.78 Å². The van der Waals surface area contributed by atoms with E-state index in [4.69, 9.17) is 5.73 Å². The van der Waals surface area contributed by atoms with Gasteiger partial charge in [0.2, 0.25) is 0 Å². The summed E-state index contributed by atoms with van der Waals surface area (Å²) in [6.07, 6.45) is 5.15. The molecule has 14 heavy (non-hydrogen) atoms. The Labute approximate surface area is 86.3 Å². The second-order valence-corrected chi connectivity index (χ2v) is 4.42. The first kappa shape index (κ1) is 11.2. The lowest BCUT2D eigenvalue weighted by atomic mass is 10.0. The Hall–Kier alpha value is -0.830. The Bertz CT molecular complexity index is 265. The highest BCUT2D eigenvalue weighted by Gasteiger charge is 2.07. The molecule has 1 aromatic heterocycles. The molecule has 1 rings (SSSR count). The summed E-state index contributed by atoms with van der Waals surface area (Å²) in [6, 6.07) is 2.29. The predicted molar refractivity (Wildman–Crippen MR) is 59.0 cm³/mol. The summed E-state index contributed by atoms with van der Waals surface area (Å²) >= 11 is 0. The van der Waals surface area contributed by atoms with Crippen molar-refractivity contribution in [2.24, 2.45) is 18.7 Å². The third-order valence-corrected chi connectivity index (χ3v) is 2.35. The number of rotatable bonds is 5. The van der Waals surface area contributed by atoms with Crippen LogP contribution in [0, 0.1) is 5.92 Å². The topological polar surface area (TPSA) is 43.8 Å². The summed E-state index contributed by atoms with van der Waals surface area (Å²) in [4.78, 5) is 0. The van der Waals surface area contributed by atoms with Gasteiger partial charge in [-0.1, -0.05) is 13.8 Å². The number of aromatic nitrogens is 2. The molecule has 0 aliphatic carbocycles. The van der Waals surface area contributed by atoms with Crippen LogP contribution in [0.15, 0.2) is 12.3 Å². The molecule has 1 aromatic rings. The summed E-state index contributed by atoms with van der Waals surface area (Å²) in [7, 11) is 1.93. The van der Waals surface area contributed by atoms with Crippen LogP contribution in [0.5, 0.6) is 0 Å². The van der Waals surface area contributed by atoms with E-state index in [1.165, 1.54) is 6.42 Å². The van der Waals surface area contributed by atoms with Crippen LogP contribution < -0.4 is 5.73 Å². The van der Waals surface area contributed by atoms with Gasteiger partial charge in [-0.15, -0.1) is 0 Å². The molecule has 3 nitrogen and oxygen atoms in total. The summed E-state index contributed by atoms with van der Waals surface area (Å²) in [5.74, 6) is 0.741. The van der Waals surface area contributed by atoms with E-state index in [0.29, 0.717) is 0 Å². The van der Waals surface area contributed by atoms with Crippen molar-refractivity contribution in [3.63, 3.8) is 0 Å². The predicted octanol–water partition coefficient (Wildman–Crippen LogP) is 1.73. The van der Waals surface area contributed by atoms with Crippen LogP contribution in [0.2, 0.25) is 0 Å². The molecule has 0 saturated heterocycles. The quantitative estimate of drug-likeness (QED) is 0.777. The maximum absolute atomic E-state index is 6.01. The van der Waals surface area contributed by atoms with Crippen molar-refractivity contribution in [1.29, 1.82) is 0 Å². The Morgan fingerprint density at radius 2 is 2.14 bits per heavy atom.